The molecule has 0 bridgehead atoms. The maximum Gasteiger partial charge on any atom is 0.224 e. The van der Waals surface area contributed by atoms with E-state index in [1.165, 1.54) is 0 Å². The molecule has 1 atom stereocenters. The van der Waals surface area contributed by atoms with Gasteiger partial charge in [0.15, 0.2) is 0 Å². The Morgan fingerprint density at radius 2 is 2.28 bits per heavy atom. The zero-order chi connectivity index (χ0) is 13.5. The lowest BCUT2D eigenvalue weighted by molar-refractivity contribution is -0.116. The number of nitrogens with two attached hydrogens (primary N) is 1. The molecule has 0 spiro atoms. The van der Waals surface area contributed by atoms with Crippen molar-refractivity contribution in [1.82, 2.24) is 9.78 Å². The highest BCUT2D eigenvalue weighted by atomic mass is 16.1. The van der Waals surface area contributed by atoms with Crippen LogP contribution in [-0.2, 0) is 18.3 Å². The van der Waals surface area contributed by atoms with Crippen LogP contribution >= 0.6 is 0 Å². The molecule has 0 fully saturated rings. The van der Waals surface area contributed by atoms with E-state index in [-0.39, 0.29) is 5.91 Å². The molecule has 1 aromatic heterocycles. The van der Waals surface area contributed by atoms with Crippen LogP contribution in [0.2, 0.25) is 0 Å². The average Bonchev–Trinajstić information content (AvgIpc) is 2.67. The summed E-state index contributed by atoms with van der Waals surface area (Å²) in [5, 5.41) is 7.22. The summed E-state index contributed by atoms with van der Waals surface area (Å²) in [5.41, 5.74) is 7.25. The minimum atomic E-state index is 0.0570. The molecule has 1 rings (SSSR count). The van der Waals surface area contributed by atoms with Crippen LogP contribution in [0.4, 0.5) is 5.69 Å². The molecule has 0 saturated heterocycles. The number of hydrogen-bond acceptors (Lipinski definition) is 3. The third-order valence-corrected chi connectivity index (χ3v) is 3.04. The van der Waals surface area contributed by atoms with Crippen molar-refractivity contribution >= 4 is 11.6 Å². The van der Waals surface area contributed by atoms with Gasteiger partial charge in [-0.2, -0.15) is 5.10 Å². The number of aryl methyl sites for hydroxylation is 2. The topological polar surface area (TPSA) is 72.9 Å². The van der Waals surface area contributed by atoms with Crippen molar-refractivity contribution in [1.29, 1.82) is 0 Å². The van der Waals surface area contributed by atoms with Crippen LogP contribution in [0, 0.1) is 5.92 Å². The third-order valence-electron chi connectivity index (χ3n) is 3.04. The van der Waals surface area contributed by atoms with E-state index in [1.54, 1.807) is 4.68 Å². The second-order valence-electron chi connectivity index (χ2n) is 4.79. The standard InChI is InChI=1S/C13H24N4O/c1-4-11-12(9-17(3)16-11)15-13(18)6-5-10(2)7-8-14/h9-10H,4-8,14H2,1-3H3,(H,15,18). The van der Waals surface area contributed by atoms with Gasteiger partial charge in [0.1, 0.15) is 0 Å². The van der Waals surface area contributed by atoms with Gasteiger partial charge in [0.2, 0.25) is 5.91 Å². The van der Waals surface area contributed by atoms with Crippen LogP contribution in [0.25, 0.3) is 0 Å². The Bertz CT molecular complexity index is 386. The minimum absolute atomic E-state index is 0.0570. The van der Waals surface area contributed by atoms with Crippen molar-refractivity contribution in [2.75, 3.05) is 11.9 Å². The Hall–Kier alpha value is -1.36. The molecule has 1 heterocycles. The maximum atomic E-state index is 11.8. The van der Waals surface area contributed by atoms with Gasteiger partial charge in [-0.25, -0.2) is 0 Å². The molecule has 1 aromatic rings. The number of nitrogens with one attached hydrogen (secondary N) is 1. The summed E-state index contributed by atoms with van der Waals surface area (Å²) in [6.07, 6.45) is 5.06. The lowest BCUT2D eigenvalue weighted by Crippen LogP contribution is -2.14. The van der Waals surface area contributed by atoms with E-state index in [0.29, 0.717) is 18.9 Å². The van der Waals surface area contributed by atoms with Gasteiger partial charge in [0.05, 0.1) is 11.4 Å². The number of aromatic nitrogens is 2. The Labute approximate surface area is 109 Å². The number of amides is 1. The molecule has 0 aliphatic carbocycles. The molecule has 18 heavy (non-hydrogen) atoms. The van der Waals surface area contributed by atoms with E-state index < -0.39 is 0 Å². The molecular formula is C13H24N4O. The molecular weight excluding hydrogens is 228 g/mol. The van der Waals surface area contributed by atoms with Crippen LogP contribution in [0.5, 0.6) is 0 Å². The van der Waals surface area contributed by atoms with Crippen molar-refractivity contribution in [3.63, 3.8) is 0 Å². The first-order chi connectivity index (χ1) is 8.56. The Morgan fingerprint density at radius 1 is 1.56 bits per heavy atom. The zero-order valence-corrected chi connectivity index (χ0v) is 11.6. The average molecular weight is 252 g/mol. The van der Waals surface area contributed by atoms with E-state index in [2.05, 4.69) is 17.3 Å². The zero-order valence-electron chi connectivity index (χ0n) is 11.6. The number of carbonyl (C=O) groups is 1. The highest BCUT2D eigenvalue weighted by Crippen LogP contribution is 2.15. The van der Waals surface area contributed by atoms with Gasteiger partial charge < -0.3 is 11.1 Å². The quantitative estimate of drug-likeness (QED) is 0.775. The number of hydrogen-bond donors (Lipinski definition) is 2. The van der Waals surface area contributed by atoms with Crippen molar-refractivity contribution in [2.45, 2.75) is 39.5 Å². The summed E-state index contributed by atoms with van der Waals surface area (Å²) < 4.78 is 1.73. The van der Waals surface area contributed by atoms with E-state index in [0.717, 1.165) is 30.6 Å². The van der Waals surface area contributed by atoms with Crippen LogP contribution in [0.15, 0.2) is 6.20 Å². The Kier molecular flexibility index (Phi) is 5.85. The predicted molar refractivity (Wildman–Crippen MR) is 73.3 cm³/mol. The lowest BCUT2D eigenvalue weighted by atomic mass is 10.0. The fraction of sp³-hybridized carbons (Fsp3) is 0.692. The fourth-order valence-corrected chi connectivity index (χ4v) is 1.92. The summed E-state index contributed by atoms with van der Waals surface area (Å²) in [5.74, 6) is 0.557. The monoisotopic (exact) mass is 252 g/mol. The first-order valence-electron chi connectivity index (χ1n) is 6.59. The first kappa shape index (κ1) is 14.7. The van der Waals surface area contributed by atoms with Crippen molar-refractivity contribution in [3.8, 4) is 0 Å². The summed E-state index contributed by atoms with van der Waals surface area (Å²) in [6, 6.07) is 0. The number of carbonyl (C=O) groups excluding carboxylic acids is 1. The van der Waals surface area contributed by atoms with Gasteiger partial charge in [0, 0.05) is 19.7 Å². The highest BCUT2D eigenvalue weighted by Gasteiger charge is 2.10. The van der Waals surface area contributed by atoms with Crippen molar-refractivity contribution < 1.29 is 4.79 Å². The largest absolute Gasteiger partial charge is 0.330 e. The van der Waals surface area contributed by atoms with Gasteiger partial charge in [-0.05, 0) is 31.7 Å². The van der Waals surface area contributed by atoms with Gasteiger partial charge >= 0.3 is 0 Å². The van der Waals surface area contributed by atoms with Crippen LogP contribution in [0.3, 0.4) is 0 Å². The smallest absolute Gasteiger partial charge is 0.224 e. The normalized spacial score (nSPS) is 12.4. The van der Waals surface area contributed by atoms with Crippen molar-refractivity contribution in [3.05, 3.63) is 11.9 Å². The molecule has 5 nitrogen and oxygen atoms in total. The Balaban J connectivity index is 2.44. The van der Waals surface area contributed by atoms with Crippen LogP contribution in [0.1, 0.15) is 38.8 Å². The van der Waals surface area contributed by atoms with Gasteiger partial charge in [-0.3, -0.25) is 9.48 Å². The Morgan fingerprint density at radius 3 is 2.89 bits per heavy atom. The van der Waals surface area contributed by atoms with Crippen LogP contribution < -0.4 is 11.1 Å². The summed E-state index contributed by atoms with van der Waals surface area (Å²) in [4.78, 5) is 11.8. The molecule has 0 radical (unpaired) electrons. The van der Waals surface area contributed by atoms with E-state index >= 15 is 0 Å². The summed E-state index contributed by atoms with van der Waals surface area (Å²) in [7, 11) is 1.86. The molecule has 0 aliphatic heterocycles. The maximum absolute atomic E-state index is 11.8. The second-order valence-corrected chi connectivity index (χ2v) is 4.79. The molecule has 1 unspecified atom stereocenters. The second kappa shape index (κ2) is 7.16. The van der Waals surface area contributed by atoms with Crippen molar-refractivity contribution in [2.24, 2.45) is 18.7 Å². The molecule has 0 saturated carbocycles. The molecule has 5 heteroatoms. The molecule has 1 amide bonds. The third kappa shape index (κ3) is 4.49. The summed E-state index contributed by atoms with van der Waals surface area (Å²) >= 11 is 0. The first-order valence-corrected chi connectivity index (χ1v) is 6.59. The number of rotatable bonds is 7. The van der Waals surface area contributed by atoms with E-state index in [4.69, 9.17) is 5.73 Å². The van der Waals surface area contributed by atoms with Gasteiger partial charge in [-0.15, -0.1) is 0 Å². The molecule has 3 N–H and O–H groups in total. The van der Waals surface area contributed by atoms with Crippen LogP contribution in [-0.4, -0.2) is 22.2 Å². The number of anilines is 1. The minimum Gasteiger partial charge on any atom is -0.330 e. The molecule has 0 aliphatic rings. The highest BCUT2D eigenvalue weighted by molar-refractivity contribution is 5.91. The van der Waals surface area contributed by atoms with Gasteiger partial charge in [0.25, 0.3) is 0 Å². The van der Waals surface area contributed by atoms with E-state index in [9.17, 15) is 4.79 Å². The SMILES string of the molecule is CCc1nn(C)cc1NC(=O)CCC(C)CCN. The molecule has 0 aromatic carbocycles. The fourth-order valence-electron chi connectivity index (χ4n) is 1.92. The van der Waals surface area contributed by atoms with Gasteiger partial charge in [-0.1, -0.05) is 13.8 Å². The number of nitrogens with zero attached hydrogens (tertiary/aromatic N) is 2. The lowest BCUT2D eigenvalue weighted by Gasteiger charge is -2.09. The molecule has 102 valence electrons. The predicted octanol–water partition coefficient (Wildman–Crippen LogP) is 1.69. The van der Waals surface area contributed by atoms with E-state index in [1.807, 2.05) is 20.2 Å². The summed E-state index contributed by atoms with van der Waals surface area (Å²) in [6.45, 7) is 4.84.